The molecule has 0 heterocycles. The highest BCUT2D eigenvalue weighted by molar-refractivity contribution is 8.00. The Morgan fingerprint density at radius 2 is 2.25 bits per heavy atom. The van der Waals surface area contributed by atoms with Gasteiger partial charge in [-0.1, -0.05) is 31.5 Å². The largest absolute Gasteiger partial charge is 0.395 e. The Bertz CT molecular complexity index is 333. The molecule has 1 unspecified atom stereocenters. The first-order valence-corrected chi connectivity index (χ1v) is 6.69. The van der Waals surface area contributed by atoms with Crippen LogP contribution in [-0.4, -0.2) is 23.5 Å². The lowest BCUT2D eigenvalue weighted by Gasteiger charge is -2.13. The quantitative estimate of drug-likeness (QED) is 0.771. The van der Waals surface area contributed by atoms with Gasteiger partial charge in [-0.2, -0.15) is 0 Å². The van der Waals surface area contributed by atoms with Gasteiger partial charge in [0.05, 0.1) is 6.61 Å². The summed E-state index contributed by atoms with van der Waals surface area (Å²) in [4.78, 5) is 1.15. The molecule has 0 saturated heterocycles. The first-order valence-electron chi connectivity index (χ1n) is 5.44. The number of rotatable bonds is 6. The lowest BCUT2D eigenvalue weighted by atomic mass is 10.2. The van der Waals surface area contributed by atoms with Crippen molar-refractivity contribution in [2.75, 3.05) is 13.2 Å². The highest BCUT2D eigenvalue weighted by Gasteiger charge is 2.08. The van der Waals surface area contributed by atoms with Crippen LogP contribution in [0.4, 0.5) is 0 Å². The van der Waals surface area contributed by atoms with Gasteiger partial charge < -0.3 is 10.4 Å². The van der Waals surface area contributed by atoms with E-state index in [0.29, 0.717) is 0 Å². The number of halogens is 1. The average molecular weight is 260 g/mol. The molecule has 90 valence electrons. The van der Waals surface area contributed by atoms with Gasteiger partial charge in [0.2, 0.25) is 0 Å². The van der Waals surface area contributed by atoms with Gasteiger partial charge in [-0.15, -0.1) is 11.8 Å². The summed E-state index contributed by atoms with van der Waals surface area (Å²) < 4.78 is 0. The summed E-state index contributed by atoms with van der Waals surface area (Å²) in [5, 5.41) is 13.3. The van der Waals surface area contributed by atoms with Gasteiger partial charge in [-0.05, 0) is 24.2 Å². The minimum absolute atomic E-state index is 0.178. The first kappa shape index (κ1) is 13.8. The number of aliphatic hydroxyl groups excluding tert-OH is 1. The topological polar surface area (TPSA) is 32.3 Å². The van der Waals surface area contributed by atoms with Crippen LogP contribution in [-0.2, 0) is 6.54 Å². The molecule has 0 saturated carbocycles. The normalized spacial score (nSPS) is 12.8. The maximum Gasteiger partial charge on any atom is 0.0550 e. The van der Waals surface area contributed by atoms with E-state index in [9.17, 15) is 0 Å². The van der Waals surface area contributed by atoms with E-state index in [1.165, 1.54) is 5.56 Å². The van der Waals surface area contributed by atoms with Gasteiger partial charge in [0.15, 0.2) is 0 Å². The Labute approximate surface area is 106 Å². The second-order valence-electron chi connectivity index (χ2n) is 3.64. The zero-order valence-corrected chi connectivity index (χ0v) is 11.2. The minimum Gasteiger partial charge on any atom is -0.395 e. The molecule has 2 nitrogen and oxygen atoms in total. The number of aliphatic hydroxyl groups is 1. The lowest BCUT2D eigenvalue weighted by Crippen LogP contribution is -2.13. The van der Waals surface area contributed by atoms with Crippen molar-refractivity contribution in [3.63, 3.8) is 0 Å². The van der Waals surface area contributed by atoms with Gasteiger partial charge >= 0.3 is 0 Å². The summed E-state index contributed by atoms with van der Waals surface area (Å²) in [6.07, 6.45) is 0. The van der Waals surface area contributed by atoms with E-state index >= 15 is 0 Å². The van der Waals surface area contributed by atoms with Crippen LogP contribution >= 0.6 is 23.4 Å². The zero-order chi connectivity index (χ0) is 12.0. The van der Waals surface area contributed by atoms with Gasteiger partial charge in [0, 0.05) is 21.7 Å². The first-order chi connectivity index (χ1) is 7.67. The molecule has 0 bridgehead atoms. The number of hydrogen-bond acceptors (Lipinski definition) is 3. The summed E-state index contributed by atoms with van der Waals surface area (Å²) in [6.45, 7) is 6.05. The number of nitrogens with one attached hydrogen (secondary N) is 1. The third-order valence-electron chi connectivity index (χ3n) is 2.18. The van der Waals surface area contributed by atoms with E-state index in [4.69, 9.17) is 16.7 Å². The van der Waals surface area contributed by atoms with Gasteiger partial charge in [-0.3, -0.25) is 0 Å². The smallest absolute Gasteiger partial charge is 0.0550 e. The molecule has 1 rings (SSSR count). The molecule has 2 N–H and O–H groups in total. The van der Waals surface area contributed by atoms with E-state index in [1.807, 2.05) is 25.1 Å². The van der Waals surface area contributed by atoms with Crippen LogP contribution in [0.25, 0.3) is 0 Å². The Kier molecular flexibility index (Phi) is 6.21. The van der Waals surface area contributed by atoms with Crippen molar-refractivity contribution in [2.24, 2.45) is 0 Å². The Hall–Kier alpha value is -0.220. The van der Waals surface area contributed by atoms with Crippen molar-refractivity contribution in [1.29, 1.82) is 0 Å². The molecular weight excluding hydrogens is 242 g/mol. The van der Waals surface area contributed by atoms with Crippen LogP contribution in [0.15, 0.2) is 23.1 Å². The molecule has 0 aliphatic rings. The third kappa shape index (κ3) is 4.34. The van der Waals surface area contributed by atoms with Crippen LogP contribution in [0.3, 0.4) is 0 Å². The van der Waals surface area contributed by atoms with Crippen molar-refractivity contribution in [3.05, 3.63) is 28.8 Å². The highest BCUT2D eigenvalue weighted by Crippen LogP contribution is 2.29. The standard InChI is InChI=1S/C12H18ClNOS/c1-3-14-7-10-4-5-11(13)6-12(10)16-9(2)8-15/h4-6,9,14-15H,3,7-8H2,1-2H3. The summed E-state index contributed by atoms with van der Waals surface area (Å²) in [5.41, 5.74) is 1.23. The Morgan fingerprint density at radius 1 is 1.50 bits per heavy atom. The lowest BCUT2D eigenvalue weighted by molar-refractivity contribution is 0.300. The fourth-order valence-electron chi connectivity index (χ4n) is 1.30. The van der Waals surface area contributed by atoms with Crippen molar-refractivity contribution in [2.45, 2.75) is 30.5 Å². The average Bonchev–Trinajstić information content (AvgIpc) is 2.28. The predicted molar refractivity (Wildman–Crippen MR) is 71.2 cm³/mol. The van der Waals surface area contributed by atoms with E-state index < -0.39 is 0 Å². The third-order valence-corrected chi connectivity index (χ3v) is 3.60. The fourth-order valence-corrected chi connectivity index (χ4v) is 2.53. The molecule has 1 aromatic carbocycles. The molecule has 0 aliphatic heterocycles. The van der Waals surface area contributed by atoms with Crippen molar-refractivity contribution >= 4 is 23.4 Å². The van der Waals surface area contributed by atoms with Crippen molar-refractivity contribution < 1.29 is 5.11 Å². The second-order valence-corrected chi connectivity index (χ2v) is 5.56. The monoisotopic (exact) mass is 259 g/mol. The van der Waals surface area contributed by atoms with Gasteiger partial charge in [0.1, 0.15) is 0 Å². The van der Waals surface area contributed by atoms with E-state index in [2.05, 4.69) is 12.2 Å². The summed E-state index contributed by atoms with van der Waals surface area (Å²) in [7, 11) is 0. The predicted octanol–water partition coefficient (Wildman–Crippen LogP) is 2.92. The highest BCUT2D eigenvalue weighted by atomic mass is 35.5. The number of benzene rings is 1. The SMILES string of the molecule is CCNCc1ccc(Cl)cc1SC(C)CO. The van der Waals surface area contributed by atoms with E-state index in [0.717, 1.165) is 23.0 Å². The Balaban J connectivity index is 2.80. The molecule has 0 aliphatic carbocycles. The van der Waals surface area contributed by atoms with Crippen LogP contribution in [0, 0.1) is 0 Å². The van der Waals surface area contributed by atoms with Crippen LogP contribution in [0.1, 0.15) is 19.4 Å². The van der Waals surface area contributed by atoms with Gasteiger partial charge in [-0.25, -0.2) is 0 Å². The maximum absolute atomic E-state index is 9.06. The molecule has 0 spiro atoms. The number of hydrogen-bond donors (Lipinski definition) is 2. The number of thioether (sulfide) groups is 1. The molecule has 1 aromatic rings. The minimum atomic E-state index is 0.178. The molecule has 16 heavy (non-hydrogen) atoms. The van der Waals surface area contributed by atoms with Crippen LogP contribution in [0.2, 0.25) is 5.02 Å². The molecule has 0 aromatic heterocycles. The van der Waals surface area contributed by atoms with Crippen molar-refractivity contribution in [3.8, 4) is 0 Å². The molecule has 0 radical (unpaired) electrons. The molecule has 4 heteroatoms. The van der Waals surface area contributed by atoms with E-state index in [1.54, 1.807) is 11.8 Å². The Morgan fingerprint density at radius 3 is 2.88 bits per heavy atom. The van der Waals surface area contributed by atoms with Crippen LogP contribution in [0.5, 0.6) is 0 Å². The van der Waals surface area contributed by atoms with Crippen LogP contribution < -0.4 is 5.32 Å². The molecular formula is C12H18ClNOS. The maximum atomic E-state index is 9.06. The molecule has 1 atom stereocenters. The summed E-state index contributed by atoms with van der Waals surface area (Å²) in [5.74, 6) is 0. The summed E-state index contributed by atoms with van der Waals surface area (Å²) >= 11 is 7.64. The molecule has 0 fully saturated rings. The zero-order valence-electron chi connectivity index (χ0n) is 9.66. The summed E-state index contributed by atoms with van der Waals surface area (Å²) in [6, 6.07) is 5.91. The van der Waals surface area contributed by atoms with Gasteiger partial charge in [0.25, 0.3) is 0 Å². The fraction of sp³-hybridized carbons (Fsp3) is 0.500. The van der Waals surface area contributed by atoms with Crippen molar-refractivity contribution in [1.82, 2.24) is 5.32 Å². The molecule has 0 amide bonds. The van der Waals surface area contributed by atoms with E-state index in [-0.39, 0.29) is 11.9 Å². The second kappa shape index (κ2) is 7.17.